The maximum absolute atomic E-state index is 13.1. The van der Waals surface area contributed by atoms with Gasteiger partial charge < -0.3 is 5.32 Å². The molecule has 0 spiro atoms. The lowest BCUT2D eigenvalue weighted by Gasteiger charge is -2.49. The van der Waals surface area contributed by atoms with Gasteiger partial charge in [-0.3, -0.25) is 10.2 Å². The summed E-state index contributed by atoms with van der Waals surface area (Å²) in [5.41, 5.74) is 6.72. The number of fused-ring (bicyclic) bond motifs is 9. The lowest BCUT2D eigenvalue weighted by molar-refractivity contribution is -0.128. The second-order valence-corrected chi connectivity index (χ2v) is 11.5. The molecule has 5 aliphatic carbocycles. The van der Waals surface area contributed by atoms with E-state index in [1.165, 1.54) is 70.8 Å². The molecular weight excluding hydrogens is 346 g/mol. The summed E-state index contributed by atoms with van der Waals surface area (Å²) in [5.74, 6) is 8.20. The normalized spacial score (nSPS) is 59.4. The zero-order valence-corrected chi connectivity index (χ0v) is 17.1. The number of nitrogens with one attached hydrogen (secondary N) is 3. The minimum atomic E-state index is 0.254. The highest BCUT2D eigenvalue weighted by molar-refractivity contribution is 5.82. The molecule has 2 heterocycles. The molecule has 0 aromatic heterocycles. The Morgan fingerprint density at radius 1 is 0.607 bits per heavy atom. The SMILES string of the molecule is O=C1NNC2C1C1C3CCCCC3C3CCCCC4C5CCCNC5C2C4C31. The average Bonchev–Trinajstić information content (AvgIpc) is 3.34. The van der Waals surface area contributed by atoms with Crippen LogP contribution in [0.5, 0.6) is 0 Å². The Morgan fingerprint density at radius 3 is 2.00 bits per heavy atom. The monoisotopic (exact) mass is 383 g/mol. The van der Waals surface area contributed by atoms with E-state index in [0.29, 0.717) is 29.8 Å². The fraction of sp³-hybridized carbons (Fsp3) is 0.958. The van der Waals surface area contributed by atoms with E-state index in [0.717, 1.165) is 41.4 Å². The van der Waals surface area contributed by atoms with Crippen LogP contribution in [0.2, 0.25) is 0 Å². The van der Waals surface area contributed by atoms with Crippen molar-refractivity contribution in [3.8, 4) is 0 Å². The highest BCUT2D eigenvalue weighted by Gasteiger charge is 2.69. The van der Waals surface area contributed by atoms with E-state index in [-0.39, 0.29) is 5.92 Å². The quantitative estimate of drug-likeness (QED) is 0.602. The van der Waals surface area contributed by atoms with E-state index in [1.807, 2.05) is 0 Å². The van der Waals surface area contributed by atoms with Crippen LogP contribution in [0.25, 0.3) is 0 Å². The summed E-state index contributed by atoms with van der Waals surface area (Å²) in [5, 5.41) is 3.99. The number of hydrogen-bond donors (Lipinski definition) is 3. The molecule has 3 N–H and O–H groups in total. The summed E-state index contributed by atoms with van der Waals surface area (Å²) in [7, 11) is 0. The smallest absolute Gasteiger partial charge is 0.239 e. The maximum atomic E-state index is 13.1. The molecule has 0 aromatic rings. The van der Waals surface area contributed by atoms with Gasteiger partial charge in [-0.15, -0.1) is 0 Å². The highest BCUT2D eigenvalue weighted by atomic mass is 16.2. The van der Waals surface area contributed by atoms with Gasteiger partial charge in [0.15, 0.2) is 0 Å². The molecule has 7 rings (SSSR count). The zero-order chi connectivity index (χ0) is 18.4. The summed E-state index contributed by atoms with van der Waals surface area (Å²) in [6, 6.07) is 1.06. The van der Waals surface area contributed by atoms with Crippen LogP contribution in [0.3, 0.4) is 0 Å². The average molecular weight is 384 g/mol. The van der Waals surface area contributed by atoms with Crippen LogP contribution in [0.4, 0.5) is 0 Å². The number of carbonyl (C=O) groups excluding carboxylic acids is 1. The van der Waals surface area contributed by atoms with E-state index < -0.39 is 0 Å². The van der Waals surface area contributed by atoms with E-state index in [1.54, 1.807) is 0 Å². The standard InChI is InChI=1S/C24H37N3O/c28-24-21-19-14-8-2-1-6-12(14)13-7-3-4-9-15-16-10-5-11-25-22(16)20(18(15)17(13)19)23(21)26-27-24/h12-23,25-26H,1-11H2,(H,27,28). The first-order chi connectivity index (χ1) is 13.8. The summed E-state index contributed by atoms with van der Waals surface area (Å²) in [6.07, 6.45) is 14.4. The third-order valence-electron chi connectivity index (χ3n) is 11.0. The van der Waals surface area contributed by atoms with Gasteiger partial charge in [0.2, 0.25) is 5.91 Å². The molecule has 28 heavy (non-hydrogen) atoms. The number of rotatable bonds is 0. The van der Waals surface area contributed by atoms with Crippen LogP contribution in [-0.4, -0.2) is 24.5 Å². The molecule has 0 radical (unpaired) electrons. The number of hydrogen-bond acceptors (Lipinski definition) is 3. The molecule has 7 fully saturated rings. The first-order valence-electron chi connectivity index (χ1n) is 12.6. The van der Waals surface area contributed by atoms with Crippen molar-refractivity contribution in [1.29, 1.82) is 0 Å². The van der Waals surface area contributed by atoms with Crippen LogP contribution < -0.4 is 16.2 Å². The van der Waals surface area contributed by atoms with Crippen molar-refractivity contribution in [3.63, 3.8) is 0 Å². The maximum Gasteiger partial charge on any atom is 0.239 e. The minimum Gasteiger partial charge on any atom is -0.313 e. The number of carbonyl (C=O) groups is 1. The molecule has 7 aliphatic rings. The Labute approximate surface area is 169 Å². The van der Waals surface area contributed by atoms with Crippen molar-refractivity contribution in [1.82, 2.24) is 16.2 Å². The van der Waals surface area contributed by atoms with Crippen molar-refractivity contribution in [2.24, 2.45) is 59.2 Å². The molecule has 12 atom stereocenters. The summed E-state index contributed by atoms with van der Waals surface area (Å²) in [4.78, 5) is 13.1. The molecular formula is C24H37N3O. The lowest BCUT2D eigenvalue weighted by atomic mass is 9.55. The van der Waals surface area contributed by atoms with Gasteiger partial charge in [0, 0.05) is 12.1 Å². The first-order valence-corrected chi connectivity index (χ1v) is 12.6. The molecule has 1 amide bonds. The summed E-state index contributed by atoms with van der Waals surface area (Å²) >= 11 is 0. The largest absolute Gasteiger partial charge is 0.313 e. The third-order valence-corrected chi connectivity index (χ3v) is 11.0. The van der Waals surface area contributed by atoms with Crippen LogP contribution >= 0.6 is 0 Å². The van der Waals surface area contributed by atoms with Gasteiger partial charge in [0.05, 0.1) is 5.92 Å². The minimum absolute atomic E-state index is 0.254. The van der Waals surface area contributed by atoms with Gasteiger partial charge in [0.1, 0.15) is 0 Å². The van der Waals surface area contributed by atoms with Crippen LogP contribution in [0.1, 0.15) is 64.2 Å². The lowest BCUT2D eigenvalue weighted by Crippen LogP contribution is -2.57. The molecule has 154 valence electrons. The molecule has 4 nitrogen and oxygen atoms in total. The van der Waals surface area contributed by atoms with Gasteiger partial charge in [-0.1, -0.05) is 25.7 Å². The molecule has 0 aromatic carbocycles. The van der Waals surface area contributed by atoms with Crippen LogP contribution in [0, 0.1) is 59.2 Å². The molecule has 2 saturated heterocycles. The van der Waals surface area contributed by atoms with Gasteiger partial charge in [-0.05, 0) is 98.3 Å². The number of hydrazine groups is 1. The fourth-order valence-corrected chi connectivity index (χ4v) is 10.6. The molecule has 4 heteroatoms. The van der Waals surface area contributed by atoms with E-state index >= 15 is 0 Å². The van der Waals surface area contributed by atoms with E-state index in [2.05, 4.69) is 16.2 Å². The Bertz CT molecular complexity index is 666. The number of piperidine rings is 1. The second kappa shape index (κ2) is 6.20. The molecule has 2 aliphatic heterocycles. The van der Waals surface area contributed by atoms with Gasteiger partial charge in [0.25, 0.3) is 0 Å². The van der Waals surface area contributed by atoms with E-state index in [9.17, 15) is 4.79 Å². The summed E-state index contributed by atoms with van der Waals surface area (Å²) < 4.78 is 0. The van der Waals surface area contributed by atoms with Crippen LogP contribution in [-0.2, 0) is 4.79 Å². The number of amides is 1. The molecule has 0 bridgehead atoms. The Balaban J connectivity index is 1.39. The Kier molecular flexibility index (Phi) is 3.79. The Hall–Kier alpha value is -0.610. The fourth-order valence-electron chi connectivity index (χ4n) is 10.6. The second-order valence-electron chi connectivity index (χ2n) is 11.5. The predicted molar refractivity (Wildman–Crippen MR) is 108 cm³/mol. The van der Waals surface area contributed by atoms with Crippen molar-refractivity contribution in [2.75, 3.05) is 6.54 Å². The van der Waals surface area contributed by atoms with Gasteiger partial charge >= 0.3 is 0 Å². The van der Waals surface area contributed by atoms with Crippen LogP contribution in [0.15, 0.2) is 0 Å². The van der Waals surface area contributed by atoms with Crippen molar-refractivity contribution >= 4 is 5.91 Å². The third kappa shape index (κ3) is 2.07. The van der Waals surface area contributed by atoms with E-state index in [4.69, 9.17) is 0 Å². The zero-order valence-electron chi connectivity index (χ0n) is 17.1. The van der Waals surface area contributed by atoms with Gasteiger partial charge in [-0.2, -0.15) is 0 Å². The topological polar surface area (TPSA) is 53.2 Å². The van der Waals surface area contributed by atoms with Gasteiger partial charge in [-0.25, -0.2) is 5.43 Å². The highest BCUT2D eigenvalue weighted by Crippen LogP contribution is 2.68. The molecule has 5 saturated carbocycles. The van der Waals surface area contributed by atoms with Crippen molar-refractivity contribution < 1.29 is 4.79 Å². The Morgan fingerprint density at radius 2 is 1.21 bits per heavy atom. The predicted octanol–water partition coefficient (Wildman–Crippen LogP) is 3.09. The molecule has 12 unspecified atom stereocenters. The first kappa shape index (κ1) is 17.1. The van der Waals surface area contributed by atoms with Crippen molar-refractivity contribution in [3.05, 3.63) is 0 Å². The van der Waals surface area contributed by atoms with Crippen molar-refractivity contribution in [2.45, 2.75) is 76.3 Å². The summed E-state index contributed by atoms with van der Waals surface area (Å²) in [6.45, 7) is 1.19.